The van der Waals surface area contributed by atoms with E-state index < -0.39 is 20.0 Å². The minimum atomic E-state index is -4.36. The number of unbranched alkanes of at least 4 members (excludes halogenated alkanes) is 22. The van der Waals surface area contributed by atoms with E-state index in [1.165, 1.54) is 109 Å². The summed E-state index contributed by atoms with van der Waals surface area (Å²) in [6.45, 7) is 4.73. The summed E-state index contributed by atoms with van der Waals surface area (Å²) >= 11 is 0. The number of amides is 1. The third kappa shape index (κ3) is 44.1. The number of phosphoric ester groups is 1. The maximum atomic E-state index is 12.9. The molecule has 0 saturated heterocycles. The Morgan fingerprint density at radius 2 is 1.00 bits per heavy atom. The summed E-state index contributed by atoms with van der Waals surface area (Å²) in [6.07, 6.45) is 54.5. The maximum Gasteiger partial charge on any atom is 0.472 e. The Balaban J connectivity index is 4.43. The van der Waals surface area contributed by atoms with Crippen molar-refractivity contribution >= 4 is 13.7 Å². The third-order valence-corrected chi connectivity index (χ3v) is 11.4. The number of allylic oxidation sites excluding steroid dienone is 9. The summed E-state index contributed by atoms with van der Waals surface area (Å²) < 4.78 is 23.6. The molecule has 8 nitrogen and oxygen atoms in total. The van der Waals surface area contributed by atoms with Crippen LogP contribution in [0.25, 0.3) is 0 Å². The molecule has 0 aliphatic rings. The fourth-order valence-electron chi connectivity index (χ4n) is 6.56. The Kier molecular flexibility index (Phi) is 40.3. The number of carbonyl (C=O) groups is 1. The van der Waals surface area contributed by atoms with Gasteiger partial charge in [0.1, 0.15) is 13.2 Å². The van der Waals surface area contributed by atoms with Crippen LogP contribution in [0.15, 0.2) is 60.8 Å². The van der Waals surface area contributed by atoms with E-state index in [-0.39, 0.29) is 19.1 Å². The number of nitrogens with one attached hydrogen (secondary N) is 1. The van der Waals surface area contributed by atoms with E-state index in [9.17, 15) is 19.4 Å². The van der Waals surface area contributed by atoms with Crippen LogP contribution in [0.1, 0.15) is 200 Å². The van der Waals surface area contributed by atoms with Gasteiger partial charge in [-0.1, -0.05) is 184 Å². The molecule has 0 saturated carbocycles. The molecule has 0 aromatic heterocycles. The molecule has 344 valence electrons. The lowest BCUT2D eigenvalue weighted by Gasteiger charge is -2.25. The number of carbonyl (C=O) groups excluding carboxylic acids is 1. The van der Waals surface area contributed by atoms with E-state index in [0.717, 1.165) is 70.6 Å². The number of phosphoric acid groups is 1. The Hall–Kier alpha value is -1.80. The van der Waals surface area contributed by atoms with E-state index in [1.807, 2.05) is 27.2 Å². The normalized spacial score (nSPS) is 14.8. The van der Waals surface area contributed by atoms with Crippen molar-refractivity contribution < 1.29 is 32.9 Å². The van der Waals surface area contributed by atoms with Crippen LogP contribution < -0.4 is 5.32 Å². The van der Waals surface area contributed by atoms with E-state index >= 15 is 0 Å². The second-order valence-corrected chi connectivity index (χ2v) is 18.9. The van der Waals surface area contributed by atoms with Crippen LogP contribution >= 0.6 is 7.82 Å². The molecule has 59 heavy (non-hydrogen) atoms. The highest BCUT2D eigenvalue weighted by atomic mass is 31.2. The topological polar surface area (TPSA) is 105 Å². The SMILES string of the molecule is CCCC/C=C\C/C=C\CCCCCCCC(=O)NC(COP(=O)(O)OCC[N+](C)(C)C)C(O)/C=C/CC/C=C/CC/C=C/CCCCCCCCCCCCCCC. The van der Waals surface area contributed by atoms with Crippen LogP contribution in [0.4, 0.5) is 0 Å². The average Bonchev–Trinajstić information content (AvgIpc) is 3.19. The van der Waals surface area contributed by atoms with Gasteiger partial charge in [-0.05, 0) is 70.6 Å². The van der Waals surface area contributed by atoms with E-state index in [1.54, 1.807) is 6.08 Å². The standard InChI is InChI=1S/C50H93N2O6P/c1-6-8-10-12-14-16-18-20-22-23-24-25-26-27-28-29-30-31-33-35-37-39-41-43-49(53)48(47-58-59(55,56)57-46-45-52(3,4)5)51-50(54)44-42-40-38-36-34-32-21-19-17-15-13-11-9-7-2/h13,15,19,21,28-29,33,35,41,43,48-49,53H,6-12,14,16-18,20,22-27,30-32,34,36-40,42,44-47H2,1-5H3,(H-,51,54,55,56)/p+1/b15-13-,21-19-,29-28+,35-33+,43-41+. The lowest BCUT2D eigenvalue weighted by molar-refractivity contribution is -0.870. The molecule has 0 aliphatic heterocycles. The van der Waals surface area contributed by atoms with Gasteiger partial charge < -0.3 is 19.8 Å². The number of quaternary nitrogens is 1. The van der Waals surface area contributed by atoms with Gasteiger partial charge in [0.2, 0.25) is 5.91 Å². The van der Waals surface area contributed by atoms with Gasteiger partial charge in [0, 0.05) is 6.42 Å². The zero-order valence-corrected chi connectivity index (χ0v) is 39.9. The predicted molar refractivity (Wildman–Crippen MR) is 254 cm³/mol. The first-order chi connectivity index (χ1) is 28.5. The van der Waals surface area contributed by atoms with Crippen LogP contribution in [0.2, 0.25) is 0 Å². The number of aliphatic hydroxyl groups excluding tert-OH is 1. The van der Waals surface area contributed by atoms with Crippen LogP contribution in [0.3, 0.4) is 0 Å². The molecule has 3 unspecified atom stereocenters. The Morgan fingerprint density at radius 1 is 0.576 bits per heavy atom. The molecular weight excluding hydrogens is 756 g/mol. The lowest BCUT2D eigenvalue weighted by atomic mass is 10.0. The van der Waals surface area contributed by atoms with Crippen LogP contribution in [0.5, 0.6) is 0 Å². The predicted octanol–water partition coefficient (Wildman–Crippen LogP) is 13.8. The Labute approximate surface area is 364 Å². The van der Waals surface area contributed by atoms with Gasteiger partial charge in [-0.2, -0.15) is 0 Å². The van der Waals surface area contributed by atoms with Crippen LogP contribution in [-0.2, 0) is 18.4 Å². The molecule has 3 atom stereocenters. The molecule has 9 heteroatoms. The summed E-state index contributed by atoms with van der Waals surface area (Å²) in [7, 11) is 1.53. The van der Waals surface area contributed by atoms with Crippen molar-refractivity contribution in [3.8, 4) is 0 Å². The molecule has 1 amide bonds. The summed E-state index contributed by atoms with van der Waals surface area (Å²) in [5.74, 6) is -0.207. The van der Waals surface area contributed by atoms with Gasteiger partial charge in [-0.3, -0.25) is 13.8 Å². The minimum absolute atomic E-state index is 0.0484. The zero-order chi connectivity index (χ0) is 43.6. The highest BCUT2D eigenvalue weighted by Gasteiger charge is 2.27. The molecule has 0 heterocycles. The molecular formula is C50H94N2O6P+. The summed E-state index contributed by atoms with van der Waals surface area (Å²) in [5, 5.41) is 13.8. The maximum absolute atomic E-state index is 12.9. The smallest absolute Gasteiger partial charge is 0.387 e. The zero-order valence-electron chi connectivity index (χ0n) is 39.0. The first-order valence-electron chi connectivity index (χ1n) is 24.2. The van der Waals surface area contributed by atoms with E-state index in [0.29, 0.717) is 17.4 Å². The minimum Gasteiger partial charge on any atom is -0.387 e. The molecule has 0 aromatic carbocycles. The van der Waals surface area contributed by atoms with Crippen molar-refractivity contribution in [2.45, 2.75) is 212 Å². The molecule has 0 spiro atoms. The first-order valence-corrected chi connectivity index (χ1v) is 25.7. The van der Waals surface area contributed by atoms with Crippen molar-refractivity contribution in [2.75, 3.05) is 40.9 Å². The number of hydrogen-bond donors (Lipinski definition) is 3. The van der Waals surface area contributed by atoms with Crippen molar-refractivity contribution in [1.29, 1.82) is 0 Å². The second kappa shape index (κ2) is 41.5. The number of hydrogen-bond acceptors (Lipinski definition) is 5. The Morgan fingerprint density at radius 3 is 1.51 bits per heavy atom. The molecule has 0 bridgehead atoms. The highest BCUT2D eigenvalue weighted by Crippen LogP contribution is 2.43. The molecule has 0 radical (unpaired) electrons. The lowest BCUT2D eigenvalue weighted by Crippen LogP contribution is -2.45. The van der Waals surface area contributed by atoms with Gasteiger partial charge in [0.15, 0.2) is 0 Å². The van der Waals surface area contributed by atoms with Gasteiger partial charge in [0.25, 0.3) is 0 Å². The van der Waals surface area contributed by atoms with Crippen molar-refractivity contribution in [2.24, 2.45) is 0 Å². The summed E-state index contributed by atoms with van der Waals surface area (Å²) in [5.41, 5.74) is 0. The third-order valence-electron chi connectivity index (χ3n) is 10.4. The van der Waals surface area contributed by atoms with Gasteiger partial charge >= 0.3 is 7.82 Å². The quantitative estimate of drug-likeness (QED) is 0.0244. The number of likely N-dealkylation sites (N-methyl/N-ethyl adjacent to an activating group) is 1. The van der Waals surface area contributed by atoms with Crippen molar-refractivity contribution in [3.05, 3.63) is 60.8 Å². The summed E-state index contributed by atoms with van der Waals surface area (Å²) in [6, 6.07) is -0.878. The number of rotatable bonds is 43. The van der Waals surface area contributed by atoms with Gasteiger partial charge in [-0.15, -0.1) is 0 Å². The van der Waals surface area contributed by atoms with Crippen LogP contribution in [0, 0.1) is 0 Å². The molecule has 0 rings (SSSR count). The van der Waals surface area contributed by atoms with Gasteiger partial charge in [0.05, 0.1) is 39.9 Å². The monoisotopic (exact) mass is 850 g/mol. The first kappa shape index (κ1) is 57.2. The van der Waals surface area contributed by atoms with Crippen molar-refractivity contribution in [3.63, 3.8) is 0 Å². The largest absolute Gasteiger partial charge is 0.472 e. The molecule has 0 aliphatic carbocycles. The fraction of sp³-hybridized carbons (Fsp3) is 0.780. The van der Waals surface area contributed by atoms with Gasteiger partial charge in [-0.25, -0.2) is 4.57 Å². The number of nitrogens with zero attached hydrogens (tertiary/aromatic N) is 1. The average molecular weight is 850 g/mol. The van der Waals surface area contributed by atoms with Crippen LogP contribution in [-0.4, -0.2) is 73.4 Å². The second-order valence-electron chi connectivity index (χ2n) is 17.5. The summed E-state index contributed by atoms with van der Waals surface area (Å²) in [4.78, 5) is 23.1. The highest BCUT2D eigenvalue weighted by molar-refractivity contribution is 7.47. The fourth-order valence-corrected chi connectivity index (χ4v) is 7.30. The van der Waals surface area contributed by atoms with Crippen molar-refractivity contribution in [1.82, 2.24) is 5.32 Å². The van der Waals surface area contributed by atoms with E-state index in [4.69, 9.17) is 9.05 Å². The molecule has 3 N–H and O–H groups in total. The van der Waals surface area contributed by atoms with E-state index in [2.05, 4.69) is 67.8 Å². The number of aliphatic hydroxyl groups is 1. The Bertz CT molecular complexity index is 1140. The molecule has 0 aromatic rings. The molecule has 0 fully saturated rings.